The van der Waals surface area contributed by atoms with Gasteiger partial charge in [-0.05, 0) is 44.4 Å². The van der Waals surface area contributed by atoms with Crippen LogP contribution in [0.25, 0.3) is 0 Å². The molecule has 0 amide bonds. The second-order valence-corrected chi connectivity index (χ2v) is 6.24. The van der Waals surface area contributed by atoms with Crippen LogP contribution in [0.3, 0.4) is 0 Å². The van der Waals surface area contributed by atoms with E-state index in [1.165, 1.54) is 0 Å². The van der Waals surface area contributed by atoms with Crippen LogP contribution in [0, 0.1) is 0 Å². The first-order chi connectivity index (χ1) is 8.89. The molecule has 1 saturated heterocycles. The summed E-state index contributed by atoms with van der Waals surface area (Å²) in [5.41, 5.74) is 7.02. The van der Waals surface area contributed by atoms with Crippen molar-refractivity contribution in [2.75, 3.05) is 18.0 Å². The van der Waals surface area contributed by atoms with Crippen molar-refractivity contribution in [2.24, 2.45) is 5.73 Å². The Morgan fingerprint density at radius 3 is 2.84 bits per heavy atom. The van der Waals surface area contributed by atoms with E-state index in [2.05, 4.69) is 4.90 Å². The average Bonchev–Trinajstić information content (AvgIpc) is 2.50. The highest BCUT2D eigenvalue weighted by Crippen LogP contribution is 2.29. The molecule has 3 nitrogen and oxygen atoms in total. The third-order valence-corrected chi connectivity index (χ3v) is 4.08. The Morgan fingerprint density at radius 1 is 1.42 bits per heavy atom. The molecular weight excluding hydrogens is 280 g/mol. The SMILES string of the molecule is CC1(O)CCCN(c2ccc(Cl)cc2C(N)=S)CC1. The fourth-order valence-electron chi connectivity index (χ4n) is 2.49. The molecule has 1 unspecified atom stereocenters. The van der Waals surface area contributed by atoms with Crippen molar-refractivity contribution in [2.45, 2.75) is 31.8 Å². The minimum Gasteiger partial charge on any atom is -0.390 e. The number of aliphatic hydroxyl groups is 1. The first kappa shape index (κ1) is 14.6. The smallest absolute Gasteiger partial charge is 0.106 e. The van der Waals surface area contributed by atoms with Gasteiger partial charge in [-0.25, -0.2) is 0 Å². The monoisotopic (exact) mass is 298 g/mol. The number of anilines is 1. The summed E-state index contributed by atoms with van der Waals surface area (Å²) < 4.78 is 0. The predicted octanol–water partition coefficient (Wildman–Crippen LogP) is 2.72. The first-order valence-corrected chi connectivity index (χ1v) is 7.24. The van der Waals surface area contributed by atoms with Gasteiger partial charge in [0, 0.05) is 29.4 Å². The van der Waals surface area contributed by atoms with Gasteiger partial charge < -0.3 is 15.7 Å². The molecule has 0 bridgehead atoms. The maximum atomic E-state index is 10.1. The quantitative estimate of drug-likeness (QED) is 0.824. The molecule has 104 valence electrons. The Hall–Kier alpha value is -0.840. The van der Waals surface area contributed by atoms with E-state index in [0.717, 1.165) is 43.6 Å². The lowest BCUT2D eigenvalue weighted by atomic mass is 9.98. The molecule has 1 aromatic carbocycles. The molecular formula is C14H19ClN2OS. The molecule has 5 heteroatoms. The summed E-state index contributed by atoms with van der Waals surface area (Å²) in [4.78, 5) is 2.58. The van der Waals surface area contributed by atoms with Crippen LogP contribution in [-0.2, 0) is 0 Å². The van der Waals surface area contributed by atoms with Crippen LogP contribution in [0.2, 0.25) is 5.02 Å². The Morgan fingerprint density at radius 2 is 2.16 bits per heavy atom. The van der Waals surface area contributed by atoms with Gasteiger partial charge in [-0.3, -0.25) is 0 Å². The fraction of sp³-hybridized carbons (Fsp3) is 0.500. The van der Waals surface area contributed by atoms with E-state index in [1.807, 2.05) is 25.1 Å². The summed E-state index contributed by atoms with van der Waals surface area (Å²) in [6, 6.07) is 5.61. The second-order valence-electron chi connectivity index (χ2n) is 5.36. The minimum absolute atomic E-state index is 0.355. The topological polar surface area (TPSA) is 49.5 Å². The van der Waals surface area contributed by atoms with E-state index in [0.29, 0.717) is 10.0 Å². The molecule has 1 aliphatic rings. The van der Waals surface area contributed by atoms with Gasteiger partial charge in [0.05, 0.1) is 5.60 Å². The number of rotatable bonds is 2. The standard InChI is InChI=1S/C14H19ClN2OS/c1-14(18)5-2-7-17(8-6-14)12-4-3-10(15)9-11(12)13(16)19/h3-4,9,18H,2,5-8H2,1H3,(H2,16,19). The largest absolute Gasteiger partial charge is 0.390 e. The van der Waals surface area contributed by atoms with Gasteiger partial charge in [-0.2, -0.15) is 0 Å². The predicted molar refractivity (Wildman–Crippen MR) is 84.0 cm³/mol. The van der Waals surface area contributed by atoms with Crippen molar-refractivity contribution < 1.29 is 5.11 Å². The number of hydrogen-bond donors (Lipinski definition) is 2. The van der Waals surface area contributed by atoms with E-state index in [9.17, 15) is 5.11 Å². The zero-order valence-corrected chi connectivity index (χ0v) is 12.6. The number of thiocarbonyl (C=S) groups is 1. The third kappa shape index (κ3) is 3.59. The zero-order valence-electron chi connectivity index (χ0n) is 11.0. The highest BCUT2D eigenvalue weighted by molar-refractivity contribution is 7.80. The molecule has 1 atom stereocenters. The molecule has 0 saturated carbocycles. The van der Waals surface area contributed by atoms with E-state index >= 15 is 0 Å². The lowest BCUT2D eigenvalue weighted by Gasteiger charge is -2.26. The molecule has 0 aromatic heterocycles. The summed E-state index contributed by atoms with van der Waals surface area (Å²) in [6.07, 6.45) is 2.51. The van der Waals surface area contributed by atoms with Crippen molar-refractivity contribution >= 4 is 34.5 Å². The van der Waals surface area contributed by atoms with Crippen molar-refractivity contribution in [3.8, 4) is 0 Å². The van der Waals surface area contributed by atoms with Crippen molar-refractivity contribution in [1.82, 2.24) is 0 Å². The Kier molecular flexibility index (Phi) is 4.33. The highest BCUT2D eigenvalue weighted by Gasteiger charge is 2.26. The minimum atomic E-state index is -0.579. The van der Waals surface area contributed by atoms with Crippen LogP contribution >= 0.6 is 23.8 Å². The molecule has 0 spiro atoms. The summed E-state index contributed by atoms with van der Waals surface area (Å²) in [6.45, 7) is 3.59. The number of hydrogen-bond acceptors (Lipinski definition) is 3. The Labute approximate surface area is 124 Å². The van der Waals surface area contributed by atoms with Crippen molar-refractivity contribution in [3.63, 3.8) is 0 Å². The van der Waals surface area contributed by atoms with E-state index in [4.69, 9.17) is 29.6 Å². The Bertz CT molecular complexity index is 490. The maximum Gasteiger partial charge on any atom is 0.106 e. The summed E-state index contributed by atoms with van der Waals surface area (Å²) in [7, 11) is 0. The molecule has 0 aliphatic carbocycles. The number of nitrogens with two attached hydrogens (primary N) is 1. The lowest BCUT2D eigenvalue weighted by Crippen LogP contribution is -2.29. The van der Waals surface area contributed by atoms with Crippen LogP contribution in [0.5, 0.6) is 0 Å². The maximum absolute atomic E-state index is 10.1. The summed E-state index contributed by atoms with van der Waals surface area (Å²) in [5.74, 6) is 0. The van der Waals surface area contributed by atoms with Crippen LogP contribution in [0.4, 0.5) is 5.69 Å². The van der Waals surface area contributed by atoms with Gasteiger partial charge in [0.1, 0.15) is 4.99 Å². The van der Waals surface area contributed by atoms with Gasteiger partial charge in [-0.1, -0.05) is 23.8 Å². The average molecular weight is 299 g/mol. The van der Waals surface area contributed by atoms with Gasteiger partial charge in [0.15, 0.2) is 0 Å². The van der Waals surface area contributed by atoms with Crippen molar-refractivity contribution in [3.05, 3.63) is 28.8 Å². The number of benzene rings is 1. The zero-order chi connectivity index (χ0) is 14.0. The normalized spacial score (nSPS) is 24.1. The molecule has 19 heavy (non-hydrogen) atoms. The number of halogens is 1. The third-order valence-electron chi connectivity index (χ3n) is 3.63. The summed E-state index contributed by atoms with van der Waals surface area (Å²) >= 11 is 11.1. The van der Waals surface area contributed by atoms with E-state index in [-0.39, 0.29) is 0 Å². The van der Waals surface area contributed by atoms with Crippen LogP contribution in [0.15, 0.2) is 18.2 Å². The molecule has 0 radical (unpaired) electrons. The van der Waals surface area contributed by atoms with Crippen LogP contribution in [0.1, 0.15) is 31.7 Å². The van der Waals surface area contributed by atoms with E-state index in [1.54, 1.807) is 0 Å². The van der Waals surface area contributed by atoms with Gasteiger partial charge >= 0.3 is 0 Å². The molecule has 2 rings (SSSR count). The van der Waals surface area contributed by atoms with Gasteiger partial charge in [0.2, 0.25) is 0 Å². The molecule has 1 aromatic rings. The Balaban J connectivity index is 2.29. The van der Waals surface area contributed by atoms with Crippen LogP contribution in [-0.4, -0.2) is 28.8 Å². The fourth-order valence-corrected chi connectivity index (χ4v) is 2.82. The van der Waals surface area contributed by atoms with E-state index < -0.39 is 5.60 Å². The van der Waals surface area contributed by atoms with Crippen LogP contribution < -0.4 is 10.6 Å². The highest BCUT2D eigenvalue weighted by atomic mass is 35.5. The molecule has 1 heterocycles. The number of nitrogens with zero attached hydrogens (tertiary/aromatic N) is 1. The first-order valence-electron chi connectivity index (χ1n) is 6.46. The van der Waals surface area contributed by atoms with Crippen molar-refractivity contribution in [1.29, 1.82) is 0 Å². The molecule has 1 aliphatic heterocycles. The molecule has 1 fully saturated rings. The second kappa shape index (κ2) is 5.65. The van der Waals surface area contributed by atoms with Gasteiger partial charge in [0.25, 0.3) is 0 Å². The van der Waals surface area contributed by atoms with Gasteiger partial charge in [-0.15, -0.1) is 0 Å². The molecule has 3 N–H and O–H groups in total. The lowest BCUT2D eigenvalue weighted by molar-refractivity contribution is 0.0481. The summed E-state index contributed by atoms with van der Waals surface area (Å²) in [5, 5.41) is 10.8.